The Balaban J connectivity index is 1.43. The molecule has 2 aromatic rings. The molecule has 7 nitrogen and oxygen atoms in total. The van der Waals surface area contributed by atoms with Gasteiger partial charge >= 0.3 is 0 Å². The Hall–Kier alpha value is -2.38. The first-order valence-electron chi connectivity index (χ1n) is 10.2. The number of benzene rings is 1. The number of carbonyl (C=O) groups is 1. The van der Waals surface area contributed by atoms with E-state index in [-0.39, 0.29) is 17.4 Å². The van der Waals surface area contributed by atoms with Crippen LogP contribution >= 0.6 is 0 Å². The maximum Gasteiger partial charge on any atom is 0.228 e. The van der Waals surface area contributed by atoms with Gasteiger partial charge in [0, 0.05) is 38.8 Å². The number of likely N-dealkylation sites (N-methyl/N-ethyl adjacent to an activating group) is 1. The number of amides is 1. The van der Waals surface area contributed by atoms with Crippen LogP contribution in [0.25, 0.3) is 5.69 Å². The lowest BCUT2D eigenvalue weighted by Crippen LogP contribution is -2.56. The van der Waals surface area contributed by atoms with E-state index >= 15 is 0 Å². The molecule has 1 amide bonds. The zero-order valence-electron chi connectivity index (χ0n) is 17.5. The zero-order valence-corrected chi connectivity index (χ0v) is 17.5. The lowest BCUT2D eigenvalue weighted by Gasteiger charge is -2.47. The monoisotopic (exact) mass is 398 g/mol. The van der Waals surface area contributed by atoms with Crippen LogP contribution in [0.5, 0.6) is 5.75 Å². The van der Waals surface area contributed by atoms with E-state index in [1.165, 1.54) is 0 Å². The topological polar surface area (TPSA) is 59.8 Å². The molecule has 2 saturated heterocycles. The van der Waals surface area contributed by atoms with Crippen LogP contribution in [0.3, 0.4) is 0 Å². The molecule has 0 saturated carbocycles. The summed E-state index contributed by atoms with van der Waals surface area (Å²) >= 11 is 0. The van der Waals surface area contributed by atoms with Crippen molar-refractivity contribution >= 4 is 5.91 Å². The van der Waals surface area contributed by atoms with Crippen molar-refractivity contribution in [3.05, 3.63) is 42.5 Å². The summed E-state index contributed by atoms with van der Waals surface area (Å²) in [6.45, 7) is 3.25. The molecule has 0 bridgehead atoms. The first-order chi connectivity index (χ1) is 14.0. The molecule has 3 heterocycles. The first-order valence-corrected chi connectivity index (χ1v) is 10.2. The van der Waals surface area contributed by atoms with Gasteiger partial charge in [0.15, 0.2) is 0 Å². The number of rotatable bonds is 5. The van der Waals surface area contributed by atoms with Gasteiger partial charge in [-0.25, -0.2) is 4.98 Å². The standard InChI is InChI=1S/C22H30N4O3/c1-24-15-19(29-3)14-22(21(24)27)8-11-25(12-9-22)16-20-23-10-13-26(20)17-4-6-18(28-2)7-5-17/h4-7,10,13,19H,8-9,11-12,14-16H2,1-3H3. The number of likely N-dealkylation sites (tertiary alicyclic amines) is 2. The fourth-order valence-corrected chi connectivity index (χ4v) is 4.73. The largest absolute Gasteiger partial charge is 0.497 e. The Morgan fingerprint density at radius 1 is 1.17 bits per heavy atom. The average molecular weight is 399 g/mol. The quantitative estimate of drug-likeness (QED) is 0.774. The maximum atomic E-state index is 12.9. The Kier molecular flexibility index (Phi) is 5.61. The van der Waals surface area contributed by atoms with E-state index in [4.69, 9.17) is 9.47 Å². The third-order valence-corrected chi connectivity index (χ3v) is 6.48. The minimum absolute atomic E-state index is 0.137. The Labute approximate surface area is 172 Å². The smallest absolute Gasteiger partial charge is 0.228 e. The van der Waals surface area contributed by atoms with Crippen molar-refractivity contribution < 1.29 is 14.3 Å². The van der Waals surface area contributed by atoms with Gasteiger partial charge in [0.05, 0.1) is 25.2 Å². The van der Waals surface area contributed by atoms with Gasteiger partial charge in [0.25, 0.3) is 0 Å². The van der Waals surface area contributed by atoms with E-state index in [1.807, 2.05) is 48.6 Å². The molecule has 1 spiro atoms. The van der Waals surface area contributed by atoms with Crippen LogP contribution in [-0.4, -0.2) is 72.3 Å². The van der Waals surface area contributed by atoms with Crippen molar-refractivity contribution in [2.75, 3.05) is 40.9 Å². The highest BCUT2D eigenvalue weighted by molar-refractivity contribution is 5.83. The third kappa shape index (κ3) is 3.89. The van der Waals surface area contributed by atoms with E-state index < -0.39 is 0 Å². The molecule has 1 aromatic carbocycles. The predicted molar refractivity (Wildman–Crippen MR) is 110 cm³/mol. The zero-order chi connectivity index (χ0) is 20.4. The van der Waals surface area contributed by atoms with Gasteiger partial charge in [-0.15, -0.1) is 0 Å². The molecule has 4 rings (SSSR count). The molecule has 29 heavy (non-hydrogen) atoms. The van der Waals surface area contributed by atoms with Crippen molar-refractivity contribution in [1.82, 2.24) is 19.4 Å². The van der Waals surface area contributed by atoms with Crippen molar-refractivity contribution in [3.8, 4) is 11.4 Å². The summed E-state index contributed by atoms with van der Waals surface area (Å²) in [7, 11) is 5.31. The minimum Gasteiger partial charge on any atom is -0.497 e. The summed E-state index contributed by atoms with van der Waals surface area (Å²) in [4.78, 5) is 21.7. The highest BCUT2D eigenvalue weighted by Crippen LogP contribution is 2.41. The molecular formula is C22H30N4O3. The molecule has 1 aromatic heterocycles. The number of carbonyl (C=O) groups excluding carboxylic acids is 1. The second-order valence-electron chi connectivity index (χ2n) is 8.22. The Morgan fingerprint density at radius 2 is 1.90 bits per heavy atom. The lowest BCUT2D eigenvalue weighted by atomic mass is 9.71. The number of hydrogen-bond donors (Lipinski definition) is 0. The van der Waals surface area contributed by atoms with Gasteiger partial charge in [0.1, 0.15) is 11.6 Å². The molecule has 2 aliphatic rings. The Morgan fingerprint density at radius 3 is 2.55 bits per heavy atom. The number of piperidine rings is 2. The van der Waals surface area contributed by atoms with Gasteiger partial charge in [-0.1, -0.05) is 0 Å². The van der Waals surface area contributed by atoms with Crippen molar-refractivity contribution in [2.24, 2.45) is 5.41 Å². The molecular weight excluding hydrogens is 368 g/mol. The van der Waals surface area contributed by atoms with Crippen LogP contribution in [0, 0.1) is 5.41 Å². The van der Waals surface area contributed by atoms with Gasteiger partial charge in [-0.2, -0.15) is 0 Å². The predicted octanol–water partition coefficient (Wildman–Crippen LogP) is 2.34. The summed E-state index contributed by atoms with van der Waals surface area (Å²) in [5, 5.41) is 0. The van der Waals surface area contributed by atoms with Crippen molar-refractivity contribution in [1.29, 1.82) is 0 Å². The fourth-order valence-electron chi connectivity index (χ4n) is 4.73. The van der Waals surface area contributed by atoms with Crippen LogP contribution in [-0.2, 0) is 16.1 Å². The highest BCUT2D eigenvalue weighted by Gasteiger charge is 2.47. The molecule has 7 heteroatoms. The summed E-state index contributed by atoms with van der Waals surface area (Å²) < 4.78 is 13.0. The van der Waals surface area contributed by atoms with E-state index in [0.29, 0.717) is 6.54 Å². The molecule has 156 valence electrons. The number of nitrogens with zero attached hydrogens (tertiary/aromatic N) is 4. The SMILES string of the molecule is COc1ccc(-n2ccnc2CN2CCC3(CC2)CC(OC)CN(C)C3=O)cc1. The van der Waals surface area contributed by atoms with E-state index in [0.717, 1.165) is 56.2 Å². The van der Waals surface area contributed by atoms with Gasteiger partial charge < -0.3 is 18.9 Å². The number of aromatic nitrogens is 2. The summed E-state index contributed by atoms with van der Waals surface area (Å²) in [5.74, 6) is 2.13. The fraction of sp³-hybridized carbons (Fsp3) is 0.545. The number of hydrogen-bond acceptors (Lipinski definition) is 5. The molecule has 2 fully saturated rings. The van der Waals surface area contributed by atoms with E-state index in [2.05, 4.69) is 14.5 Å². The highest BCUT2D eigenvalue weighted by atomic mass is 16.5. The van der Waals surface area contributed by atoms with Crippen molar-refractivity contribution in [2.45, 2.75) is 31.9 Å². The van der Waals surface area contributed by atoms with Gasteiger partial charge in [-0.3, -0.25) is 9.69 Å². The van der Waals surface area contributed by atoms with Gasteiger partial charge in [-0.05, 0) is 56.6 Å². The number of ether oxygens (including phenoxy) is 2. The second kappa shape index (κ2) is 8.16. The number of imidazole rings is 1. The van der Waals surface area contributed by atoms with Crippen LogP contribution < -0.4 is 4.74 Å². The van der Waals surface area contributed by atoms with Crippen LogP contribution in [0.4, 0.5) is 0 Å². The molecule has 1 atom stereocenters. The van der Waals surface area contributed by atoms with Crippen molar-refractivity contribution in [3.63, 3.8) is 0 Å². The minimum atomic E-state index is -0.268. The second-order valence-corrected chi connectivity index (χ2v) is 8.22. The van der Waals surface area contributed by atoms with Gasteiger partial charge in [0.2, 0.25) is 5.91 Å². The summed E-state index contributed by atoms with van der Waals surface area (Å²) in [6.07, 6.45) is 6.55. The third-order valence-electron chi connectivity index (χ3n) is 6.48. The maximum absolute atomic E-state index is 12.9. The Bertz CT molecular complexity index is 840. The molecule has 0 N–H and O–H groups in total. The lowest BCUT2D eigenvalue weighted by molar-refractivity contribution is -0.156. The summed E-state index contributed by atoms with van der Waals surface area (Å²) in [6, 6.07) is 8.00. The molecule has 2 aliphatic heterocycles. The van der Waals surface area contributed by atoms with Crippen LogP contribution in [0.15, 0.2) is 36.7 Å². The molecule has 0 aliphatic carbocycles. The van der Waals surface area contributed by atoms with Crippen LogP contribution in [0.2, 0.25) is 0 Å². The average Bonchev–Trinajstić information content (AvgIpc) is 3.21. The molecule has 0 radical (unpaired) electrons. The molecule has 1 unspecified atom stereocenters. The normalized spacial score (nSPS) is 22.2. The van der Waals surface area contributed by atoms with E-state index in [9.17, 15) is 4.79 Å². The summed E-state index contributed by atoms with van der Waals surface area (Å²) in [5.41, 5.74) is 0.800. The first kappa shape index (κ1) is 19.9. The van der Waals surface area contributed by atoms with Crippen LogP contribution in [0.1, 0.15) is 25.1 Å². The van der Waals surface area contributed by atoms with E-state index in [1.54, 1.807) is 14.2 Å². The number of methoxy groups -OCH3 is 2.